The van der Waals surface area contributed by atoms with Crippen LogP contribution >= 0.6 is 7.82 Å². The predicted molar refractivity (Wildman–Crippen MR) is 242 cm³/mol. The van der Waals surface area contributed by atoms with Gasteiger partial charge in [-0.1, -0.05) is 172 Å². The van der Waals surface area contributed by atoms with E-state index in [-0.39, 0.29) is 19.4 Å². The fourth-order valence-corrected chi connectivity index (χ4v) is 7.34. The highest BCUT2D eigenvalue weighted by atomic mass is 31.2. The number of hydrogen-bond acceptors (Lipinski definition) is 9. The summed E-state index contributed by atoms with van der Waals surface area (Å²) in [7, 11) is -4.62. The lowest BCUT2D eigenvalue weighted by Gasteiger charge is -2.20. The van der Waals surface area contributed by atoms with Gasteiger partial charge in [0, 0.05) is 12.8 Å². The molecule has 59 heavy (non-hydrogen) atoms. The van der Waals surface area contributed by atoms with Crippen molar-refractivity contribution >= 4 is 19.8 Å². The minimum atomic E-state index is -4.62. The standard InChI is InChI=1S/C48H89O10P/c1-3-5-7-9-11-13-15-17-19-21-22-24-25-27-29-31-33-35-37-39-47(51)55-43-46(44-57-59(53,54)56-42-45(50)41-49)58-48(52)40-38-36-34-32-30-28-26-23-20-18-16-14-12-10-8-6-4-2/h12,14,17-20,45-46,49-50H,3-11,13,15-16,21-44H2,1-2H3,(H,53,54)/b14-12+,19-17+,20-18+/t45-,46+/m0/s1. The van der Waals surface area contributed by atoms with Crippen LogP contribution in [0.25, 0.3) is 0 Å². The first-order valence-electron chi connectivity index (χ1n) is 23.9. The fraction of sp³-hybridized carbons (Fsp3) is 0.833. The van der Waals surface area contributed by atoms with E-state index in [0.29, 0.717) is 12.8 Å². The predicted octanol–water partition coefficient (Wildman–Crippen LogP) is 13.1. The smallest absolute Gasteiger partial charge is 0.462 e. The topological polar surface area (TPSA) is 149 Å². The fourth-order valence-electron chi connectivity index (χ4n) is 6.55. The first-order chi connectivity index (χ1) is 28.7. The van der Waals surface area contributed by atoms with E-state index in [1.807, 2.05) is 0 Å². The lowest BCUT2D eigenvalue weighted by Crippen LogP contribution is -2.29. The van der Waals surface area contributed by atoms with Crippen LogP contribution in [0.1, 0.15) is 219 Å². The van der Waals surface area contributed by atoms with Crippen molar-refractivity contribution in [3.63, 3.8) is 0 Å². The lowest BCUT2D eigenvalue weighted by molar-refractivity contribution is -0.161. The van der Waals surface area contributed by atoms with Gasteiger partial charge >= 0.3 is 19.8 Å². The van der Waals surface area contributed by atoms with Gasteiger partial charge in [0.2, 0.25) is 0 Å². The van der Waals surface area contributed by atoms with E-state index in [2.05, 4.69) is 50.3 Å². The number of carbonyl (C=O) groups is 2. The minimum absolute atomic E-state index is 0.176. The maximum atomic E-state index is 12.6. The third kappa shape index (κ3) is 44.1. The number of carbonyl (C=O) groups excluding carboxylic acids is 2. The van der Waals surface area contributed by atoms with Crippen LogP contribution in [-0.4, -0.2) is 65.7 Å². The van der Waals surface area contributed by atoms with Crippen LogP contribution in [0.2, 0.25) is 0 Å². The zero-order chi connectivity index (χ0) is 43.3. The Morgan fingerprint density at radius 1 is 0.508 bits per heavy atom. The van der Waals surface area contributed by atoms with E-state index in [1.54, 1.807) is 0 Å². The molecule has 346 valence electrons. The highest BCUT2D eigenvalue weighted by molar-refractivity contribution is 7.47. The van der Waals surface area contributed by atoms with Gasteiger partial charge in [0.25, 0.3) is 0 Å². The molecular formula is C48H89O10P. The number of esters is 2. The molecule has 0 aromatic heterocycles. The molecule has 0 aromatic rings. The zero-order valence-corrected chi connectivity index (χ0v) is 38.6. The molecule has 0 bridgehead atoms. The van der Waals surface area contributed by atoms with Crippen molar-refractivity contribution < 1.29 is 47.8 Å². The Morgan fingerprint density at radius 2 is 0.881 bits per heavy atom. The van der Waals surface area contributed by atoms with Gasteiger partial charge in [-0.3, -0.25) is 18.6 Å². The quantitative estimate of drug-likeness (QED) is 0.0234. The molecular weight excluding hydrogens is 767 g/mol. The summed E-state index contributed by atoms with van der Waals surface area (Å²) >= 11 is 0. The molecule has 3 N–H and O–H groups in total. The maximum absolute atomic E-state index is 12.6. The number of unbranched alkanes of at least 4 members (excludes halogenated alkanes) is 25. The summed E-state index contributed by atoms with van der Waals surface area (Å²) in [6.07, 6.45) is 46.7. The lowest BCUT2D eigenvalue weighted by atomic mass is 10.1. The van der Waals surface area contributed by atoms with E-state index in [4.69, 9.17) is 23.6 Å². The Morgan fingerprint density at radius 3 is 1.36 bits per heavy atom. The monoisotopic (exact) mass is 857 g/mol. The van der Waals surface area contributed by atoms with Crippen molar-refractivity contribution in [2.24, 2.45) is 0 Å². The summed E-state index contributed by atoms with van der Waals surface area (Å²) in [5.41, 5.74) is 0. The van der Waals surface area contributed by atoms with Crippen molar-refractivity contribution in [2.45, 2.75) is 232 Å². The van der Waals surface area contributed by atoms with Crippen molar-refractivity contribution in [3.05, 3.63) is 36.5 Å². The van der Waals surface area contributed by atoms with Crippen molar-refractivity contribution in [3.8, 4) is 0 Å². The first-order valence-corrected chi connectivity index (χ1v) is 25.4. The second kappa shape index (κ2) is 44.3. The number of phosphoric acid groups is 1. The Balaban J connectivity index is 4.23. The van der Waals surface area contributed by atoms with Crippen LogP contribution in [0.15, 0.2) is 36.5 Å². The normalized spacial score (nSPS) is 14.1. The second-order valence-electron chi connectivity index (χ2n) is 16.1. The Bertz CT molecular complexity index is 1080. The van der Waals surface area contributed by atoms with Crippen LogP contribution < -0.4 is 0 Å². The Labute approximate surface area is 361 Å². The molecule has 0 aliphatic heterocycles. The summed E-state index contributed by atoms with van der Waals surface area (Å²) in [5, 5.41) is 18.4. The molecule has 0 aromatic carbocycles. The molecule has 0 saturated heterocycles. The summed E-state index contributed by atoms with van der Waals surface area (Å²) in [4.78, 5) is 35.1. The summed E-state index contributed by atoms with van der Waals surface area (Å²) in [6.45, 7) is 2.36. The molecule has 0 amide bonds. The summed E-state index contributed by atoms with van der Waals surface area (Å²) < 4.78 is 32.8. The molecule has 0 radical (unpaired) electrons. The van der Waals surface area contributed by atoms with Gasteiger partial charge in [0.05, 0.1) is 19.8 Å². The van der Waals surface area contributed by atoms with Gasteiger partial charge in [-0.2, -0.15) is 0 Å². The van der Waals surface area contributed by atoms with E-state index in [9.17, 15) is 24.2 Å². The van der Waals surface area contributed by atoms with Crippen molar-refractivity contribution in [1.82, 2.24) is 0 Å². The van der Waals surface area contributed by atoms with E-state index < -0.39 is 51.8 Å². The average molecular weight is 857 g/mol. The highest BCUT2D eigenvalue weighted by Gasteiger charge is 2.27. The Kier molecular flexibility index (Phi) is 42.9. The van der Waals surface area contributed by atoms with Crippen LogP contribution in [0.5, 0.6) is 0 Å². The number of hydrogen-bond donors (Lipinski definition) is 3. The molecule has 0 heterocycles. The molecule has 0 saturated carbocycles. The molecule has 1 unspecified atom stereocenters. The average Bonchev–Trinajstić information content (AvgIpc) is 3.22. The number of rotatable bonds is 45. The Hall–Kier alpha value is -1.81. The largest absolute Gasteiger partial charge is 0.472 e. The SMILES string of the molecule is CCCCC/C=C/C/C=C/CCCCCCCCCC(=O)O[C@H](COC(=O)CCCCCCCCCCC/C=C/CCCCCCCC)COP(=O)(O)OC[C@@H](O)CO. The van der Waals surface area contributed by atoms with E-state index in [1.165, 1.54) is 122 Å². The number of aliphatic hydroxyl groups is 2. The minimum Gasteiger partial charge on any atom is -0.462 e. The van der Waals surface area contributed by atoms with Crippen molar-refractivity contribution in [1.29, 1.82) is 0 Å². The second-order valence-corrected chi connectivity index (χ2v) is 17.6. The van der Waals surface area contributed by atoms with Gasteiger partial charge < -0.3 is 24.6 Å². The molecule has 3 atom stereocenters. The molecule has 0 fully saturated rings. The maximum Gasteiger partial charge on any atom is 0.472 e. The summed E-state index contributed by atoms with van der Waals surface area (Å²) in [5.74, 6) is -0.930. The number of allylic oxidation sites excluding steroid dienone is 6. The number of ether oxygens (including phenoxy) is 2. The molecule has 0 rings (SSSR count). The van der Waals surface area contributed by atoms with E-state index >= 15 is 0 Å². The number of phosphoric ester groups is 1. The van der Waals surface area contributed by atoms with Crippen molar-refractivity contribution in [2.75, 3.05) is 26.4 Å². The van der Waals surface area contributed by atoms with Crippen LogP contribution in [0.3, 0.4) is 0 Å². The van der Waals surface area contributed by atoms with Gasteiger partial charge in [-0.05, 0) is 70.6 Å². The zero-order valence-electron chi connectivity index (χ0n) is 37.7. The molecule has 10 nitrogen and oxygen atoms in total. The van der Waals surface area contributed by atoms with Gasteiger partial charge in [0.15, 0.2) is 6.10 Å². The molecule has 0 spiro atoms. The van der Waals surface area contributed by atoms with Gasteiger partial charge in [0.1, 0.15) is 12.7 Å². The van der Waals surface area contributed by atoms with Crippen LogP contribution in [0.4, 0.5) is 0 Å². The van der Waals surface area contributed by atoms with Gasteiger partial charge in [-0.15, -0.1) is 0 Å². The van der Waals surface area contributed by atoms with Crippen LogP contribution in [0, 0.1) is 0 Å². The molecule has 0 aliphatic carbocycles. The number of aliphatic hydroxyl groups excluding tert-OH is 2. The third-order valence-electron chi connectivity index (χ3n) is 10.3. The molecule has 11 heteroatoms. The highest BCUT2D eigenvalue weighted by Crippen LogP contribution is 2.43. The first kappa shape index (κ1) is 57.2. The third-order valence-corrected chi connectivity index (χ3v) is 11.2. The molecule has 0 aliphatic rings. The summed E-state index contributed by atoms with van der Waals surface area (Å²) in [6, 6.07) is 0. The van der Waals surface area contributed by atoms with Crippen LogP contribution in [-0.2, 0) is 32.7 Å². The van der Waals surface area contributed by atoms with Gasteiger partial charge in [-0.25, -0.2) is 4.57 Å². The van der Waals surface area contributed by atoms with E-state index in [0.717, 1.165) is 57.8 Å².